The first kappa shape index (κ1) is 11.2. The monoisotopic (exact) mass is 256 g/mol. The van der Waals surface area contributed by atoms with E-state index >= 15 is 0 Å². The van der Waals surface area contributed by atoms with Crippen LogP contribution in [-0.4, -0.2) is 18.5 Å². The van der Waals surface area contributed by atoms with Gasteiger partial charge in [0.1, 0.15) is 0 Å². The summed E-state index contributed by atoms with van der Waals surface area (Å²) in [6.45, 7) is 2.32. The molecule has 3 nitrogen and oxygen atoms in total. The van der Waals surface area contributed by atoms with Gasteiger partial charge in [-0.3, -0.25) is 4.79 Å². The Morgan fingerprint density at radius 1 is 1.50 bits per heavy atom. The highest BCUT2D eigenvalue weighted by Crippen LogP contribution is 2.10. The van der Waals surface area contributed by atoms with Crippen molar-refractivity contribution >= 4 is 21.8 Å². The quantitative estimate of drug-likeness (QED) is 0.862. The number of benzene rings is 1. The van der Waals surface area contributed by atoms with Crippen LogP contribution >= 0.6 is 15.9 Å². The normalized spacial score (nSPS) is 12.2. The molecule has 1 amide bonds. The molecule has 0 aliphatic rings. The van der Waals surface area contributed by atoms with E-state index < -0.39 is 0 Å². The molecule has 0 radical (unpaired) electrons. The molecular formula is C10H13BrN2O. The molecule has 0 aliphatic carbocycles. The fraction of sp³-hybridized carbons (Fsp3) is 0.300. The summed E-state index contributed by atoms with van der Waals surface area (Å²) in [6.07, 6.45) is 0. The molecular weight excluding hydrogens is 244 g/mol. The van der Waals surface area contributed by atoms with Gasteiger partial charge < -0.3 is 11.1 Å². The van der Waals surface area contributed by atoms with Gasteiger partial charge in [0.15, 0.2) is 0 Å². The average Bonchev–Trinajstić information content (AvgIpc) is 2.18. The van der Waals surface area contributed by atoms with Gasteiger partial charge in [0.25, 0.3) is 5.91 Å². The number of hydrogen-bond acceptors (Lipinski definition) is 2. The second-order valence-corrected chi connectivity index (χ2v) is 4.03. The van der Waals surface area contributed by atoms with Gasteiger partial charge in [0.05, 0.1) is 0 Å². The zero-order valence-corrected chi connectivity index (χ0v) is 9.54. The van der Waals surface area contributed by atoms with Crippen LogP contribution in [0.25, 0.3) is 0 Å². The van der Waals surface area contributed by atoms with Crippen molar-refractivity contribution in [1.82, 2.24) is 5.32 Å². The number of carbonyl (C=O) groups is 1. The van der Waals surface area contributed by atoms with E-state index in [0.29, 0.717) is 12.1 Å². The standard InChI is InChI=1S/C10H13BrN2O/c1-7(6-12)13-10(14)8-2-4-9(11)5-3-8/h2-5,7H,6,12H2,1H3,(H,13,14)/t7-/m1/s1. The van der Waals surface area contributed by atoms with Gasteiger partial charge in [-0.1, -0.05) is 15.9 Å². The van der Waals surface area contributed by atoms with E-state index in [0.717, 1.165) is 4.47 Å². The zero-order chi connectivity index (χ0) is 10.6. The van der Waals surface area contributed by atoms with Crippen molar-refractivity contribution in [2.45, 2.75) is 13.0 Å². The molecule has 1 atom stereocenters. The van der Waals surface area contributed by atoms with Crippen LogP contribution in [-0.2, 0) is 0 Å². The lowest BCUT2D eigenvalue weighted by Gasteiger charge is -2.10. The molecule has 0 saturated heterocycles. The van der Waals surface area contributed by atoms with Crippen LogP contribution in [0.4, 0.5) is 0 Å². The maximum Gasteiger partial charge on any atom is 0.251 e. The Morgan fingerprint density at radius 3 is 2.57 bits per heavy atom. The van der Waals surface area contributed by atoms with Crippen LogP contribution in [0, 0.1) is 0 Å². The van der Waals surface area contributed by atoms with Gasteiger partial charge in [0, 0.05) is 22.6 Å². The molecule has 1 rings (SSSR count). The van der Waals surface area contributed by atoms with Gasteiger partial charge in [-0.15, -0.1) is 0 Å². The number of nitrogens with two attached hydrogens (primary N) is 1. The van der Waals surface area contributed by atoms with E-state index in [2.05, 4.69) is 21.2 Å². The van der Waals surface area contributed by atoms with Crippen molar-refractivity contribution in [1.29, 1.82) is 0 Å². The van der Waals surface area contributed by atoms with Crippen molar-refractivity contribution in [3.63, 3.8) is 0 Å². The molecule has 0 unspecified atom stereocenters. The summed E-state index contributed by atoms with van der Waals surface area (Å²) in [5, 5.41) is 2.79. The Morgan fingerprint density at radius 2 is 2.07 bits per heavy atom. The Balaban J connectivity index is 2.65. The predicted octanol–water partition coefficient (Wildman–Crippen LogP) is 1.53. The highest BCUT2D eigenvalue weighted by molar-refractivity contribution is 9.10. The van der Waals surface area contributed by atoms with Crippen LogP contribution in [0.5, 0.6) is 0 Å². The largest absolute Gasteiger partial charge is 0.348 e. The first-order chi connectivity index (χ1) is 6.63. The number of nitrogens with one attached hydrogen (secondary N) is 1. The summed E-state index contributed by atoms with van der Waals surface area (Å²) in [5.74, 6) is -0.0875. The minimum absolute atomic E-state index is 0.00569. The molecule has 1 aromatic carbocycles. The first-order valence-electron chi connectivity index (χ1n) is 4.40. The fourth-order valence-electron chi connectivity index (χ4n) is 0.967. The minimum atomic E-state index is -0.0875. The summed E-state index contributed by atoms with van der Waals surface area (Å²) in [4.78, 5) is 11.5. The zero-order valence-electron chi connectivity index (χ0n) is 7.96. The maximum atomic E-state index is 11.5. The molecule has 4 heteroatoms. The lowest BCUT2D eigenvalue weighted by atomic mass is 10.2. The second-order valence-electron chi connectivity index (χ2n) is 3.12. The average molecular weight is 257 g/mol. The van der Waals surface area contributed by atoms with E-state index in [4.69, 9.17) is 5.73 Å². The highest BCUT2D eigenvalue weighted by Gasteiger charge is 2.07. The predicted molar refractivity (Wildman–Crippen MR) is 60.1 cm³/mol. The molecule has 3 N–H and O–H groups in total. The lowest BCUT2D eigenvalue weighted by molar-refractivity contribution is 0.0941. The molecule has 76 valence electrons. The molecule has 0 bridgehead atoms. The van der Waals surface area contributed by atoms with Crippen LogP contribution in [0.15, 0.2) is 28.7 Å². The third-order valence-corrected chi connectivity index (χ3v) is 2.37. The summed E-state index contributed by atoms with van der Waals surface area (Å²) < 4.78 is 0.959. The van der Waals surface area contributed by atoms with Crippen LogP contribution < -0.4 is 11.1 Å². The van der Waals surface area contributed by atoms with E-state index in [-0.39, 0.29) is 11.9 Å². The van der Waals surface area contributed by atoms with Gasteiger partial charge in [-0.05, 0) is 31.2 Å². The Labute approximate surface area is 91.8 Å². The smallest absolute Gasteiger partial charge is 0.251 e. The number of rotatable bonds is 3. The second kappa shape index (κ2) is 5.12. The van der Waals surface area contributed by atoms with Crippen LogP contribution in [0.3, 0.4) is 0 Å². The van der Waals surface area contributed by atoms with Gasteiger partial charge >= 0.3 is 0 Å². The summed E-state index contributed by atoms with van der Waals surface area (Å²) in [5.41, 5.74) is 6.05. The van der Waals surface area contributed by atoms with Crippen molar-refractivity contribution in [3.05, 3.63) is 34.3 Å². The third kappa shape index (κ3) is 3.12. The maximum absolute atomic E-state index is 11.5. The van der Waals surface area contributed by atoms with Gasteiger partial charge in [-0.2, -0.15) is 0 Å². The molecule has 0 saturated carbocycles. The first-order valence-corrected chi connectivity index (χ1v) is 5.19. The topological polar surface area (TPSA) is 55.1 Å². The minimum Gasteiger partial charge on any atom is -0.348 e. The number of halogens is 1. The Hall–Kier alpha value is -0.870. The molecule has 0 fully saturated rings. The Bertz CT molecular complexity index is 310. The third-order valence-electron chi connectivity index (χ3n) is 1.84. The summed E-state index contributed by atoms with van der Waals surface area (Å²) >= 11 is 3.31. The molecule has 0 heterocycles. The van der Waals surface area contributed by atoms with Crippen molar-refractivity contribution in [2.24, 2.45) is 5.73 Å². The number of hydrogen-bond donors (Lipinski definition) is 2. The van der Waals surface area contributed by atoms with E-state index in [1.165, 1.54) is 0 Å². The summed E-state index contributed by atoms with van der Waals surface area (Å²) in [7, 11) is 0. The molecule has 1 aromatic rings. The van der Waals surface area contributed by atoms with Crippen LogP contribution in [0.1, 0.15) is 17.3 Å². The lowest BCUT2D eigenvalue weighted by Crippen LogP contribution is -2.37. The number of amides is 1. The van der Waals surface area contributed by atoms with Gasteiger partial charge in [0.2, 0.25) is 0 Å². The SMILES string of the molecule is C[C@H](CN)NC(=O)c1ccc(Br)cc1. The van der Waals surface area contributed by atoms with Crippen molar-refractivity contribution in [2.75, 3.05) is 6.54 Å². The van der Waals surface area contributed by atoms with Crippen molar-refractivity contribution in [3.8, 4) is 0 Å². The van der Waals surface area contributed by atoms with E-state index in [1.54, 1.807) is 12.1 Å². The molecule has 0 aliphatic heterocycles. The fourth-order valence-corrected chi connectivity index (χ4v) is 1.23. The molecule has 0 spiro atoms. The number of carbonyl (C=O) groups excluding carboxylic acids is 1. The van der Waals surface area contributed by atoms with E-state index in [9.17, 15) is 4.79 Å². The highest BCUT2D eigenvalue weighted by atomic mass is 79.9. The Kier molecular flexibility index (Phi) is 4.10. The van der Waals surface area contributed by atoms with Crippen molar-refractivity contribution < 1.29 is 4.79 Å². The summed E-state index contributed by atoms with van der Waals surface area (Å²) in [6, 6.07) is 7.21. The molecule has 14 heavy (non-hydrogen) atoms. The molecule has 0 aromatic heterocycles. The van der Waals surface area contributed by atoms with Crippen LogP contribution in [0.2, 0.25) is 0 Å². The van der Waals surface area contributed by atoms with Gasteiger partial charge in [-0.25, -0.2) is 0 Å². The van der Waals surface area contributed by atoms with E-state index in [1.807, 2.05) is 19.1 Å².